The molecule has 0 aliphatic rings. The maximum absolute atomic E-state index is 13.6. The van der Waals surface area contributed by atoms with Crippen LogP contribution in [0.4, 0.5) is 4.39 Å². The van der Waals surface area contributed by atoms with E-state index in [0.29, 0.717) is 25.1 Å². The summed E-state index contributed by atoms with van der Waals surface area (Å²) in [7, 11) is 0. The molecule has 4 rings (SSSR count). The highest BCUT2D eigenvalue weighted by Gasteiger charge is 2.13. The second kappa shape index (κ2) is 9.57. The molecular formula is C22H20FN5O2S. The SMILES string of the molecule is O=C(CCCc1nc(C(=O)NCc2ncccc2F)cs1)Cc1nc2ccccc2[nH]1. The smallest absolute Gasteiger partial charge is 0.271 e. The van der Waals surface area contributed by atoms with Gasteiger partial charge in [0.25, 0.3) is 5.91 Å². The van der Waals surface area contributed by atoms with Gasteiger partial charge in [-0.25, -0.2) is 14.4 Å². The standard InChI is InChI=1S/C22H20FN5O2S/c23-15-6-4-10-24-18(15)12-25-22(30)19-13-31-21(28-19)9-3-5-14(29)11-20-26-16-7-1-2-8-17(16)27-20/h1-2,4,6-8,10,13H,3,5,9,11-12H2,(H,25,30)(H,26,27). The maximum atomic E-state index is 13.6. The lowest BCUT2D eigenvalue weighted by Gasteiger charge is -2.03. The van der Waals surface area contributed by atoms with Gasteiger partial charge in [0.2, 0.25) is 0 Å². The van der Waals surface area contributed by atoms with Crippen LogP contribution in [0.3, 0.4) is 0 Å². The first-order chi connectivity index (χ1) is 15.1. The van der Waals surface area contributed by atoms with Gasteiger partial charge in [0, 0.05) is 18.0 Å². The van der Waals surface area contributed by atoms with Crippen molar-refractivity contribution < 1.29 is 14.0 Å². The summed E-state index contributed by atoms with van der Waals surface area (Å²) in [5, 5.41) is 5.07. The predicted octanol–water partition coefficient (Wildman–Crippen LogP) is 3.62. The Morgan fingerprint density at radius 3 is 2.84 bits per heavy atom. The van der Waals surface area contributed by atoms with Crippen LogP contribution in [-0.2, 0) is 24.2 Å². The molecule has 9 heteroatoms. The Bertz CT molecular complexity index is 1190. The number of benzene rings is 1. The minimum Gasteiger partial charge on any atom is -0.345 e. The maximum Gasteiger partial charge on any atom is 0.271 e. The minimum absolute atomic E-state index is 0.00530. The van der Waals surface area contributed by atoms with Crippen LogP contribution < -0.4 is 5.32 Å². The average Bonchev–Trinajstić information content (AvgIpc) is 3.39. The van der Waals surface area contributed by atoms with Gasteiger partial charge in [0.1, 0.15) is 23.1 Å². The number of aryl methyl sites for hydroxylation is 1. The molecule has 0 atom stereocenters. The summed E-state index contributed by atoms with van der Waals surface area (Å²) in [6.45, 7) is -0.00530. The number of amides is 1. The van der Waals surface area contributed by atoms with Gasteiger partial charge in [0.15, 0.2) is 0 Å². The molecule has 158 valence electrons. The number of nitrogens with zero attached hydrogens (tertiary/aromatic N) is 3. The van der Waals surface area contributed by atoms with E-state index in [-0.39, 0.29) is 36.0 Å². The van der Waals surface area contributed by atoms with Crippen LogP contribution in [0.15, 0.2) is 48.0 Å². The second-order valence-electron chi connectivity index (χ2n) is 7.01. The van der Waals surface area contributed by atoms with Gasteiger partial charge in [-0.1, -0.05) is 12.1 Å². The molecule has 31 heavy (non-hydrogen) atoms. The molecule has 1 amide bonds. The van der Waals surface area contributed by atoms with Crippen LogP contribution in [-0.4, -0.2) is 31.6 Å². The van der Waals surface area contributed by atoms with E-state index in [0.717, 1.165) is 16.0 Å². The number of imidazole rings is 1. The summed E-state index contributed by atoms with van der Waals surface area (Å²) in [5.41, 5.74) is 2.23. The molecule has 0 aliphatic heterocycles. The monoisotopic (exact) mass is 437 g/mol. The van der Waals surface area contributed by atoms with Crippen LogP contribution in [0.25, 0.3) is 11.0 Å². The van der Waals surface area contributed by atoms with Gasteiger partial charge in [-0.05, 0) is 37.1 Å². The third kappa shape index (κ3) is 5.37. The molecule has 2 N–H and O–H groups in total. The van der Waals surface area contributed by atoms with Gasteiger partial charge >= 0.3 is 0 Å². The number of hydrogen-bond acceptors (Lipinski definition) is 6. The van der Waals surface area contributed by atoms with Crippen LogP contribution in [0.5, 0.6) is 0 Å². The normalized spacial score (nSPS) is 11.0. The molecule has 0 unspecified atom stereocenters. The number of ketones is 1. The molecule has 0 saturated carbocycles. The van der Waals surface area contributed by atoms with Crippen LogP contribution in [0.1, 0.15) is 39.9 Å². The number of carbonyl (C=O) groups excluding carboxylic acids is 2. The first-order valence-corrected chi connectivity index (χ1v) is 10.7. The van der Waals surface area contributed by atoms with Crippen molar-refractivity contribution in [1.82, 2.24) is 25.3 Å². The van der Waals surface area contributed by atoms with Crippen LogP contribution in [0.2, 0.25) is 0 Å². The Balaban J connectivity index is 1.23. The highest BCUT2D eigenvalue weighted by atomic mass is 32.1. The van der Waals surface area contributed by atoms with Crippen molar-refractivity contribution in [3.8, 4) is 0 Å². The van der Waals surface area contributed by atoms with E-state index in [2.05, 4.69) is 25.3 Å². The molecule has 7 nitrogen and oxygen atoms in total. The number of H-pyrrole nitrogens is 1. The number of aromatic nitrogens is 4. The highest BCUT2D eigenvalue weighted by molar-refractivity contribution is 7.09. The zero-order valence-corrected chi connectivity index (χ0v) is 17.4. The van der Waals surface area contributed by atoms with E-state index in [1.54, 1.807) is 5.38 Å². The van der Waals surface area contributed by atoms with Crippen molar-refractivity contribution >= 4 is 34.1 Å². The second-order valence-corrected chi connectivity index (χ2v) is 7.95. The molecule has 0 spiro atoms. The van der Waals surface area contributed by atoms with Gasteiger partial charge in [-0.3, -0.25) is 14.6 Å². The average molecular weight is 438 g/mol. The number of thiazole rings is 1. The number of Topliss-reactive ketones (excluding diaryl/α,β-unsaturated/α-hetero) is 1. The third-order valence-corrected chi connectivity index (χ3v) is 5.59. The number of rotatable bonds is 9. The number of carbonyl (C=O) groups is 2. The Labute approximate surface area is 181 Å². The summed E-state index contributed by atoms with van der Waals surface area (Å²) >= 11 is 1.37. The van der Waals surface area contributed by atoms with Crippen molar-refractivity contribution in [1.29, 1.82) is 0 Å². The van der Waals surface area contributed by atoms with Gasteiger partial charge in [-0.2, -0.15) is 0 Å². The summed E-state index contributed by atoms with van der Waals surface area (Å²) < 4.78 is 13.6. The van der Waals surface area contributed by atoms with E-state index in [1.807, 2.05) is 24.3 Å². The lowest BCUT2D eigenvalue weighted by molar-refractivity contribution is -0.118. The molecule has 1 aromatic carbocycles. The van der Waals surface area contributed by atoms with E-state index < -0.39 is 5.82 Å². The van der Waals surface area contributed by atoms with Gasteiger partial charge < -0.3 is 10.3 Å². The Kier molecular flexibility index (Phi) is 6.42. The minimum atomic E-state index is -0.464. The van der Waals surface area contributed by atoms with Crippen LogP contribution >= 0.6 is 11.3 Å². The molecule has 0 aliphatic carbocycles. The number of para-hydroxylation sites is 2. The Morgan fingerprint density at radius 2 is 2.00 bits per heavy atom. The largest absolute Gasteiger partial charge is 0.345 e. The summed E-state index contributed by atoms with van der Waals surface area (Å²) in [5.74, 6) is -0.0719. The molecule has 0 radical (unpaired) electrons. The molecule has 0 saturated heterocycles. The molecule has 3 aromatic heterocycles. The van der Waals surface area contributed by atoms with Crippen molar-refractivity contribution in [2.75, 3.05) is 0 Å². The highest BCUT2D eigenvalue weighted by Crippen LogP contribution is 2.15. The summed E-state index contributed by atoms with van der Waals surface area (Å²) in [6, 6.07) is 10.5. The number of pyridine rings is 1. The van der Waals surface area contributed by atoms with E-state index in [1.165, 1.54) is 29.7 Å². The molecule has 0 fully saturated rings. The quantitative estimate of drug-likeness (QED) is 0.417. The zero-order valence-electron chi connectivity index (χ0n) is 16.6. The van der Waals surface area contributed by atoms with Gasteiger partial charge in [-0.15, -0.1) is 11.3 Å². The first-order valence-electron chi connectivity index (χ1n) is 9.86. The Hall–Kier alpha value is -3.46. The topological polar surface area (TPSA) is 101 Å². The van der Waals surface area contributed by atoms with Crippen molar-refractivity contribution in [2.45, 2.75) is 32.2 Å². The van der Waals surface area contributed by atoms with Gasteiger partial charge in [0.05, 0.1) is 34.7 Å². The molecular weight excluding hydrogens is 417 g/mol. The fraction of sp³-hybridized carbons (Fsp3) is 0.227. The van der Waals surface area contributed by atoms with Crippen LogP contribution in [0, 0.1) is 5.82 Å². The predicted molar refractivity (Wildman–Crippen MR) is 115 cm³/mol. The van der Waals surface area contributed by atoms with E-state index in [4.69, 9.17) is 0 Å². The number of hydrogen-bond donors (Lipinski definition) is 2. The lowest BCUT2D eigenvalue weighted by Crippen LogP contribution is -2.24. The number of nitrogens with one attached hydrogen (secondary N) is 2. The number of halogens is 1. The fourth-order valence-electron chi connectivity index (χ4n) is 3.13. The fourth-order valence-corrected chi connectivity index (χ4v) is 3.95. The van der Waals surface area contributed by atoms with Crippen molar-refractivity contribution in [2.24, 2.45) is 0 Å². The van der Waals surface area contributed by atoms with Crippen molar-refractivity contribution in [3.63, 3.8) is 0 Å². The summed E-state index contributed by atoms with van der Waals surface area (Å²) in [4.78, 5) is 40.3. The number of aromatic amines is 1. The lowest BCUT2D eigenvalue weighted by atomic mass is 10.1. The zero-order chi connectivity index (χ0) is 21.6. The van der Waals surface area contributed by atoms with Crippen molar-refractivity contribution in [3.05, 3.63) is 76.0 Å². The molecule has 0 bridgehead atoms. The molecule has 3 heterocycles. The number of fused-ring (bicyclic) bond motifs is 1. The Morgan fingerprint density at radius 1 is 1.13 bits per heavy atom. The van der Waals surface area contributed by atoms with E-state index >= 15 is 0 Å². The van der Waals surface area contributed by atoms with E-state index in [9.17, 15) is 14.0 Å². The third-order valence-electron chi connectivity index (χ3n) is 4.68. The first kappa shape index (κ1) is 20.8. The summed E-state index contributed by atoms with van der Waals surface area (Å²) in [6.07, 6.45) is 3.41. The molecule has 4 aromatic rings.